The van der Waals surface area contributed by atoms with Crippen LogP contribution in [-0.4, -0.2) is 36.0 Å². The van der Waals surface area contributed by atoms with Crippen molar-refractivity contribution >= 4 is 46.8 Å². The van der Waals surface area contributed by atoms with E-state index >= 15 is 0 Å². The van der Waals surface area contributed by atoms with Crippen molar-refractivity contribution < 1.29 is 22.7 Å². The maximum atomic E-state index is 14.4. The Hall–Kier alpha value is -2.52. The van der Waals surface area contributed by atoms with Gasteiger partial charge in [-0.15, -0.1) is 0 Å². The van der Waals surface area contributed by atoms with Gasteiger partial charge >= 0.3 is 0 Å². The van der Waals surface area contributed by atoms with Crippen LogP contribution in [0.2, 0.25) is 10.0 Å². The van der Waals surface area contributed by atoms with E-state index in [-0.39, 0.29) is 27.9 Å². The fourth-order valence-corrected chi connectivity index (χ4v) is 6.61. The van der Waals surface area contributed by atoms with Gasteiger partial charge in [0.05, 0.1) is 35.5 Å². The Morgan fingerprint density at radius 3 is 2.43 bits per heavy atom. The predicted molar refractivity (Wildman–Crippen MR) is 138 cm³/mol. The molecule has 0 saturated carbocycles. The molecule has 3 heterocycles. The first-order valence-electron chi connectivity index (χ1n) is 11.5. The minimum atomic E-state index is -2.79. The van der Waals surface area contributed by atoms with E-state index in [4.69, 9.17) is 27.9 Å². The Kier molecular flexibility index (Phi) is 6.06. The van der Waals surface area contributed by atoms with E-state index in [0.29, 0.717) is 36.5 Å². The van der Waals surface area contributed by atoms with E-state index < -0.39 is 22.6 Å². The van der Waals surface area contributed by atoms with Crippen LogP contribution >= 0.6 is 35.1 Å². The van der Waals surface area contributed by atoms with Crippen LogP contribution in [0.15, 0.2) is 65.1 Å². The number of hydrogen-bond acceptors (Lipinski definition) is 4. The largest absolute Gasteiger partial charge is 0.362 e. The van der Waals surface area contributed by atoms with Crippen molar-refractivity contribution in [3.8, 4) is 0 Å². The van der Waals surface area contributed by atoms with Gasteiger partial charge in [0, 0.05) is 12.0 Å². The lowest BCUT2D eigenvalue weighted by molar-refractivity contribution is -0.126. The maximum absolute atomic E-state index is 14.4. The number of nitrogens with zero attached hydrogens (tertiary/aromatic N) is 2. The SMILES string of the molecule is O=C(c1ccccc1)N1CC2(C1)OCc1cc(C3=NSC(c4cc(Cl)c(F)c(Cl)c4)(C(F)F)C3)ccc12. The Morgan fingerprint density at radius 2 is 1.76 bits per heavy atom. The average molecular weight is 563 g/mol. The molecule has 1 saturated heterocycles. The third-order valence-electron chi connectivity index (χ3n) is 7.21. The molecule has 1 amide bonds. The van der Waals surface area contributed by atoms with E-state index in [1.165, 1.54) is 12.1 Å². The van der Waals surface area contributed by atoms with Gasteiger partial charge in [-0.1, -0.05) is 53.5 Å². The summed E-state index contributed by atoms with van der Waals surface area (Å²) >= 11 is 12.6. The molecule has 3 aromatic carbocycles. The first kappa shape index (κ1) is 24.8. The molecule has 1 spiro atoms. The summed E-state index contributed by atoms with van der Waals surface area (Å²) in [7, 11) is 0. The summed E-state index contributed by atoms with van der Waals surface area (Å²) in [6.07, 6.45) is -2.86. The van der Waals surface area contributed by atoms with Gasteiger partial charge in [0.25, 0.3) is 12.3 Å². The zero-order valence-electron chi connectivity index (χ0n) is 19.2. The van der Waals surface area contributed by atoms with Crippen LogP contribution in [0.5, 0.6) is 0 Å². The zero-order chi connectivity index (χ0) is 25.9. The highest BCUT2D eigenvalue weighted by molar-refractivity contribution is 7.99. The second kappa shape index (κ2) is 9.05. The van der Waals surface area contributed by atoms with Crippen molar-refractivity contribution in [3.05, 3.63) is 104 Å². The van der Waals surface area contributed by atoms with Crippen LogP contribution in [0.4, 0.5) is 13.2 Å². The normalized spacial score (nSPS) is 21.8. The summed E-state index contributed by atoms with van der Waals surface area (Å²) in [4.78, 5) is 14.5. The van der Waals surface area contributed by atoms with Gasteiger partial charge in [0.1, 0.15) is 10.3 Å². The summed E-state index contributed by atoms with van der Waals surface area (Å²) in [6.45, 7) is 1.26. The van der Waals surface area contributed by atoms with Crippen LogP contribution in [0.3, 0.4) is 0 Å². The number of fused-ring (bicyclic) bond motifs is 2. The number of carbonyl (C=O) groups is 1. The minimum Gasteiger partial charge on any atom is -0.362 e. The standard InChI is InChI=1S/C27H19Cl2F3N2O2S/c28-20-9-18(10-21(29)23(20)30)27(25(31)32)11-22(33-37-27)16-6-7-19-17(8-16)12-36-26(19)13-34(14-26)24(35)15-4-2-1-3-5-15/h1-10,25H,11-14H2. The molecule has 6 rings (SSSR count). The van der Waals surface area contributed by atoms with Crippen molar-refractivity contribution in [3.63, 3.8) is 0 Å². The van der Waals surface area contributed by atoms with Crippen LogP contribution in [0.25, 0.3) is 0 Å². The van der Waals surface area contributed by atoms with E-state index in [1.54, 1.807) is 17.0 Å². The molecule has 1 unspecified atom stereocenters. The highest BCUT2D eigenvalue weighted by Gasteiger charge is 2.52. The Morgan fingerprint density at radius 1 is 1.05 bits per heavy atom. The Labute approximate surface area is 225 Å². The lowest BCUT2D eigenvalue weighted by atomic mass is 9.83. The predicted octanol–water partition coefficient (Wildman–Crippen LogP) is 7.02. The number of carbonyl (C=O) groups excluding carboxylic acids is 1. The Bertz CT molecular complexity index is 1420. The molecular formula is C27H19Cl2F3N2O2S. The highest BCUT2D eigenvalue weighted by Crippen LogP contribution is 2.52. The molecule has 0 bridgehead atoms. The molecule has 10 heteroatoms. The smallest absolute Gasteiger partial charge is 0.259 e. The molecule has 3 aliphatic heterocycles. The van der Waals surface area contributed by atoms with Crippen molar-refractivity contribution in [1.82, 2.24) is 4.90 Å². The lowest BCUT2D eigenvalue weighted by Gasteiger charge is -2.47. The summed E-state index contributed by atoms with van der Waals surface area (Å²) in [5.74, 6) is -0.880. The lowest BCUT2D eigenvalue weighted by Crippen LogP contribution is -2.61. The van der Waals surface area contributed by atoms with Gasteiger partial charge in [0.15, 0.2) is 5.82 Å². The molecule has 190 valence electrons. The van der Waals surface area contributed by atoms with Crippen molar-refractivity contribution in [2.24, 2.45) is 4.40 Å². The number of amides is 1. The van der Waals surface area contributed by atoms with Gasteiger partial charge in [-0.05, 0) is 64.5 Å². The highest BCUT2D eigenvalue weighted by atomic mass is 35.5. The number of ether oxygens (including phenoxy) is 1. The molecule has 4 nitrogen and oxygen atoms in total. The fourth-order valence-electron chi connectivity index (χ4n) is 5.17. The molecule has 37 heavy (non-hydrogen) atoms. The summed E-state index contributed by atoms with van der Waals surface area (Å²) in [6, 6.07) is 17.2. The van der Waals surface area contributed by atoms with Gasteiger partial charge in [-0.3, -0.25) is 4.79 Å². The number of benzene rings is 3. The number of hydrogen-bond donors (Lipinski definition) is 0. The van der Waals surface area contributed by atoms with Crippen molar-refractivity contribution in [2.45, 2.75) is 29.8 Å². The van der Waals surface area contributed by atoms with Crippen molar-refractivity contribution in [1.29, 1.82) is 0 Å². The second-order valence-electron chi connectivity index (χ2n) is 9.43. The monoisotopic (exact) mass is 562 g/mol. The molecule has 0 aliphatic carbocycles. The first-order valence-corrected chi connectivity index (χ1v) is 13.1. The third kappa shape index (κ3) is 3.96. The first-order chi connectivity index (χ1) is 17.7. The van der Waals surface area contributed by atoms with E-state index in [0.717, 1.165) is 23.1 Å². The van der Waals surface area contributed by atoms with Crippen LogP contribution in [-0.2, 0) is 21.7 Å². The molecule has 1 atom stereocenters. The van der Waals surface area contributed by atoms with E-state index in [2.05, 4.69) is 4.40 Å². The molecule has 0 N–H and O–H groups in total. The van der Waals surface area contributed by atoms with Crippen molar-refractivity contribution in [2.75, 3.05) is 13.1 Å². The van der Waals surface area contributed by atoms with Crippen LogP contribution in [0, 0.1) is 5.82 Å². The summed E-state index contributed by atoms with van der Waals surface area (Å²) in [5.41, 5.74) is 3.36. The molecule has 0 aromatic heterocycles. The molecule has 3 aromatic rings. The van der Waals surface area contributed by atoms with E-state index in [9.17, 15) is 18.0 Å². The average Bonchev–Trinajstić information content (AvgIpc) is 3.49. The van der Waals surface area contributed by atoms with E-state index in [1.807, 2.05) is 36.4 Å². The molecule has 3 aliphatic rings. The number of alkyl halides is 2. The zero-order valence-corrected chi connectivity index (χ0v) is 21.5. The number of rotatable bonds is 4. The summed E-state index contributed by atoms with van der Waals surface area (Å²) < 4.78 is 51.5. The molecule has 0 radical (unpaired) electrons. The van der Waals surface area contributed by atoms with Crippen LogP contribution in [0.1, 0.15) is 39.0 Å². The minimum absolute atomic E-state index is 0.0402. The second-order valence-corrected chi connectivity index (χ2v) is 11.3. The summed E-state index contributed by atoms with van der Waals surface area (Å²) in [5, 5.41) is -0.617. The van der Waals surface area contributed by atoms with Gasteiger partial charge in [-0.2, -0.15) is 0 Å². The topological polar surface area (TPSA) is 41.9 Å². The fraction of sp³-hybridized carbons (Fsp3) is 0.259. The quantitative estimate of drug-likeness (QED) is 0.253. The maximum Gasteiger partial charge on any atom is 0.259 e. The number of halogens is 5. The van der Waals surface area contributed by atoms with Gasteiger partial charge in [0.2, 0.25) is 0 Å². The van der Waals surface area contributed by atoms with Gasteiger partial charge in [-0.25, -0.2) is 17.6 Å². The molecular weight excluding hydrogens is 544 g/mol. The third-order valence-corrected chi connectivity index (χ3v) is 8.95. The Balaban J connectivity index is 1.22. The molecule has 1 fully saturated rings. The van der Waals surface area contributed by atoms with Gasteiger partial charge < -0.3 is 9.64 Å². The van der Waals surface area contributed by atoms with Crippen LogP contribution < -0.4 is 0 Å². The number of likely N-dealkylation sites (tertiary alicyclic amines) is 1.